The second-order valence-corrected chi connectivity index (χ2v) is 8.00. The van der Waals surface area contributed by atoms with Crippen LogP contribution in [0.25, 0.3) is 6.08 Å². The van der Waals surface area contributed by atoms with E-state index in [9.17, 15) is 4.79 Å². The Morgan fingerprint density at radius 2 is 1.84 bits per heavy atom. The molecule has 31 heavy (non-hydrogen) atoms. The summed E-state index contributed by atoms with van der Waals surface area (Å²) in [5.74, 6) is 1.34. The van der Waals surface area contributed by atoms with Crippen LogP contribution < -0.4 is 9.47 Å². The van der Waals surface area contributed by atoms with Crippen LogP contribution in [0.3, 0.4) is 0 Å². The number of hydrogen-bond acceptors (Lipinski definition) is 5. The fourth-order valence-electron chi connectivity index (χ4n) is 3.95. The van der Waals surface area contributed by atoms with Gasteiger partial charge in [0, 0.05) is 38.3 Å². The van der Waals surface area contributed by atoms with E-state index in [-0.39, 0.29) is 12.7 Å². The Labute approximate surface area is 184 Å². The first-order chi connectivity index (χ1) is 15.2. The lowest BCUT2D eigenvalue weighted by Gasteiger charge is -2.28. The molecule has 0 unspecified atom stereocenters. The molecule has 1 amide bonds. The minimum Gasteiger partial charge on any atom is -0.454 e. The summed E-state index contributed by atoms with van der Waals surface area (Å²) in [6.07, 6.45) is 3.07. The van der Waals surface area contributed by atoms with Gasteiger partial charge in [0.2, 0.25) is 6.79 Å². The van der Waals surface area contributed by atoms with Gasteiger partial charge in [0.05, 0.1) is 13.2 Å². The minimum atomic E-state index is 0.0149. The topological polar surface area (TPSA) is 51.2 Å². The molecule has 164 valence electrons. The van der Waals surface area contributed by atoms with Crippen LogP contribution in [0, 0.1) is 0 Å². The molecule has 6 heteroatoms. The van der Waals surface area contributed by atoms with E-state index in [1.54, 1.807) is 6.07 Å². The van der Waals surface area contributed by atoms with Crippen LogP contribution in [0.1, 0.15) is 29.3 Å². The molecule has 2 aromatic rings. The summed E-state index contributed by atoms with van der Waals surface area (Å²) < 4.78 is 16.3. The molecule has 1 fully saturated rings. The lowest BCUT2D eigenvalue weighted by atomic mass is 10.1. The Morgan fingerprint density at radius 3 is 2.65 bits per heavy atom. The zero-order valence-electron chi connectivity index (χ0n) is 18.1. The molecule has 0 atom stereocenters. The van der Waals surface area contributed by atoms with Gasteiger partial charge in [0.25, 0.3) is 5.91 Å². The Hall–Kier alpha value is -2.83. The molecule has 0 aromatic heterocycles. The number of amides is 1. The molecule has 4 rings (SSSR count). The van der Waals surface area contributed by atoms with E-state index in [0.717, 1.165) is 50.4 Å². The number of carbonyl (C=O) groups excluding carboxylic acids is 1. The molecule has 2 aromatic carbocycles. The summed E-state index contributed by atoms with van der Waals surface area (Å²) in [5, 5.41) is 0. The average Bonchev–Trinajstić information content (AvgIpc) is 3.27. The molecule has 6 nitrogen and oxygen atoms in total. The van der Waals surface area contributed by atoms with Crippen LogP contribution in [0.2, 0.25) is 0 Å². The smallest absolute Gasteiger partial charge is 0.254 e. The summed E-state index contributed by atoms with van der Waals surface area (Å²) >= 11 is 0. The zero-order valence-corrected chi connectivity index (χ0v) is 18.1. The standard InChI is InChI=1S/C25H30N2O4/c1-20(16-21-6-3-2-4-7-21)18-27(11-5-10-26-12-14-29-15-13-26)25(28)22-8-9-23-24(17-22)31-19-30-23/h2-4,6-9,16-17H,5,10-15,18-19H2,1H3. The Kier molecular flexibility index (Phi) is 7.22. The third kappa shape index (κ3) is 5.87. The van der Waals surface area contributed by atoms with Crippen LogP contribution in [0.15, 0.2) is 54.1 Å². The third-order valence-corrected chi connectivity index (χ3v) is 5.57. The molecular formula is C25H30N2O4. The van der Waals surface area contributed by atoms with E-state index < -0.39 is 0 Å². The maximum Gasteiger partial charge on any atom is 0.254 e. The number of hydrogen-bond donors (Lipinski definition) is 0. The van der Waals surface area contributed by atoms with Crippen LogP contribution in [-0.4, -0.2) is 68.4 Å². The van der Waals surface area contributed by atoms with Crippen molar-refractivity contribution in [3.8, 4) is 11.5 Å². The number of rotatable bonds is 8. The predicted molar refractivity (Wildman–Crippen MR) is 120 cm³/mol. The van der Waals surface area contributed by atoms with Crippen LogP contribution in [0.4, 0.5) is 0 Å². The number of ether oxygens (including phenoxy) is 3. The van der Waals surface area contributed by atoms with Crippen molar-refractivity contribution in [3.05, 3.63) is 65.2 Å². The van der Waals surface area contributed by atoms with Gasteiger partial charge in [-0.25, -0.2) is 0 Å². The summed E-state index contributed by atoms with van der Waals surface area (Å²) in [7, 11) is 0. The lowest BCUT2D eigenvalue weighted by molar-refractivity contribution is 0.0358. The van der Waals surface area contributed by atoms with Crippen LogP contribution in [-0.2, 0) is 4.74 Å². The van der Waals surface area contributed by atoms with Gasteiger partial charge < -0.3 is 19.1 Å². The second-order valence-electron chi connectivity index (χ2n) is 8.00. The average molecular weight is 423 g/mol. The van der Waals surface area contributed by atoms with Gasteiger partial charge in [-0.2, -0.15) is 0 Å². The lowest BCUT2D eigenvalue weighted by Crippen LogP contribution is -2.39. The number of carbonyl (C=O) groups is 1. The first-order valence-corrected chi connectivity index (χ1v) is 10.9. The number of nitrogens with zero attached hydrogens (tertiary/aromatic N) is 2. The SMILES string of the molecule is CC(=Cc1ccccc1)CN(CCCN1CCOCC1)C(=O)c1ccc2c(c1)OCO2. The van der Waals surface area contributed by atoms with E-state index in [2.05, 4.69) is 30.0 Å². The zero-order chi connectivity index (χ0) is 21.5. The van der Waals surface area contributed by atoms with Crippen molar-refractivity contribution < 1.29 is 19.0 Å². The molecule has 0 aliphatic carbocycles. The molecule has 2 aliphatic heterocycles. The van der Waals surface area contributed by atoms with Gasteiger partial charge in [0.1, 0.15) is 0 Å². The molecule has 1 saturated heterocycles. The number of fused-ring (bicyclic) bond motifs is 1. The monoisotopic (exact) mass is 422 g/mol. The van der Waals surface area contributed by atoms with Crippen molar-refractivity contribution in [1.29, 1.82) is 0 Å². The van der Waals surface area contributed by atoms with Crippen molar-refractivity contribution in [2.75, 3.05) is 52.7 Å². The predicted octanol–water partition coefficient (Wildman–Crippen LogP) is 3.68. The van der Waals surface area contributed by atoms with Gasteiger partial charge in [0.15, 0.2) is 11.5 Å². The minimum absolute atomic E-state index is 0.0149. The fourth-order valence-corrected chi connectivity index (χ4v) is 3.95. The highest BCUT2D eigenvalue weighted by molar-refractivity contribution is 5.95. The number of benzene rings is 2. The third-order valence-electron chi connectivity index (χ3n) is 5.57. The Morgan fingerprint density at radius 1 is 1.06 bits per heavy atom. The maximum absolute atomic E-state index is 13.4. The first-order valence-electron chi connectivity index (χ1n) is 10.9. The van der Waals surface area contributed by atoms with Crippen LogP contribution >= 0.6 is 0 Å². The maximum atomic E-state index is 13.4. The summed E-state index contributed by atoms with van der Waals surface area (Å²) in [4.78, 5) is 17.7. The van der Waals surface area contributed by atoms with E-state index in [1.165, 1.54) is 0 Å². The molecule has 0 saturated carbocycles. The van der Waals surface area contributed by atoms with Crippen molar-refractivity contribution in [3.63, 3.8) is 0 Å². The van der Waals surface area contributed by atoms with E-state index >= 15 is 0 Å². The van der Waals surface area contributed by atoms with E-state index in [1.807, 2.05) is 35.2 Å². The van der Waals surface area contributed by atoms with Gasteiger partial charge >= 0.3 is 0 Å². The second kappa shape index (κ2) is 10.5. The van der Waals surface area contributed by atoms with E-state index in [0.29, 0.717) is 30.2 Å². The van der Waals surface area contributed by atoms with Crippen molar-refractivity contribution >= 4 is 12.0 Å². The quantitative estimate of drug-likeness (QED) is 0.650. The molecule has 0 radical (unpaired) electrons. The van der Waals surface area contributed by atoms with Crippen LogP contribution in [0.5, 0.6) is 11.5 Å². The van der Waals surface area contributed by atoms with Crippen molar-refractivity contribution in [2.45, 2.75) is 13.3 Å². The molecule has 2 aliphatic rings. The Balaban J connectivity index is 1.45. The van der Waals surface area contributed by atoms with Gasteiger partial charge in [-0.3, -0.25) is 9.69 Å². The fraction of sp³-hybridized carbons (Fsp3) is 0.400. The summed E-state index contributed by atoms with van der Waals surface area (Å²) in [5.41, 5.74) is 2.92. The molecular weight excluding hydrogens is 392 g/mol. The molecule has 0 N–H and O–H groups in total. The Bertz CT molecular complexity index is 907. The van der Waals surface area contributed by atoms with Gasteiger partial charge in [-0.1, -0.05) is 42.0 Å². The number of morpholine rings is 1. The largest absolute Gasteiger partial charge is 0.454 e. The molecule has 2 heterocycles. The van der Waals surface area contributed by atoms with Gasteiger partial charge in [-0.05, 0) is 37.1 Å². The van der Waals surface area contributed by atoms with Gasteiger partial charge in [-0.15, -0.1) is 0 Å². The van der Waals surface area contributed by atoms with Crippen molar-refractivity contribution in [1.82, 2.24) is 9.80 Å². The van der Waals surface area contributed by atoms with Crippen molar-refractivity contribution in [2.24, 2.45) is 0 Å². The molecule has 0 bridgehead atoms. The normalized spacial score (nSPS) is 16.4. The highest BCUT2D eigenvalue weighted by atomic mass is 16.7. The summed E-state index contributed by atoms with van der Waals surface area (Å²) in [6.45, 7) is 8.04. The summed E-state index contributed by atoms with van der Waals surface area (Å²) in [6, 6.07) is 15.6. The van der Waals surface area contributed by atoms with E-state index in [4.69, 9.17) is 14.2 Å². The first kappa shape index (κ1) is 21.4. The highest BCUT2D eigenvalue weighted by Crippen LogP contribution is 2.32. The molecule has 0 spiro atoms. The highest BCUT2D eigenvalue weighted by Gasteiger charge is 2.21.